The highest BCUT2D eigenvalue weighted by molar-refractivity contribution is 5.15. The second-order valence-corrected chi connectivity index (χ2v) is 3.74. The van der Waals surface area contributed by atoms with Gasteiger partial charge >= 0.3 is 0 Å². The van der Waals surface area contributed by atoms with Gasteiger partial charge in [0.2, 0.25) is 0 Å². The smallest absolute Gasteiger partial charge is 0.188 e. The minimum atomic E-state index is -0.308. The Balaban J connectivity index is 1.93. The molecule has 1 N–H and O–H groups in total. The van der Waals surface area contributed by atoms with Crippen molar-refractivity contribution in [2.45, 2.75) is 18.2 Å². The van der Waals surface area contributed by atoms with Crippen LogP contribution in [0.15, 0.2) is 12.2 Å². The standard InChI is InChI=1S/C9H13NO2/c1-2-8-9(11-3-4-12-9)5-7(1)6-10-8/h1-2,7-8,10H,3-6H2. The minimum Gasteiger partial charge on any atom is -0.346 e. The molecular weight excluding hydrogens is 154 g/mol. The van der Waals surface area contributed by atoms with E-state index in [1.54, 1.807) is 0 Å². The molecule has 66 valence electrons. The van der Waals surface area contributed by atoms with Gasteiger partial charge < -0.3 is 14.8 Å². The summed E-state index contributed by atoms with van der Waals surface area (Å²) in [5.41, 5.74) is 0. The molecule has 2 atom stereocenters. The van der Waals surface area contributed by atoms with Gasteiger partial charge in [0.15, 0.2) is 5.79 Å². The first-order valence-corrected chi connectivity index (χ1v) is 4.59. The number of fused-ring (bicyclic) bond motifs is 1. The highest BCUT2D eigenvalue weighted by atomic mass is 16.7. The van der Waals surface area contributed by atoms with Crippen LogP contribution in [0.3, 0.4) is 0 Å². The maximum atomic E-state index is 5.68. The van der Waals surface area contributed by atoms with Crippen LogP contribution in [0.25, 0.3) is 0 Å². The molecule has 4 rings (SSSR count). The van der Waals surface area contributed by atoms with E-state index >= 15 is 0 Å². The van der Waals surface area contributed by atoms with Gasteiger partial charge in [-0.1, -0.05) is 12.2 Å². The van der Waals surface area contributed by atoms with Crippen LogP contribution in [-0.2, 0) is 9.47 Å². The zero-order valence-corrected chi connectivity index (χ0v) is 6.95. The number of hydrogen-bond acceptors (Lipinski definition) is 3. The van der Waals surface area contributed by atoms with Crippen molar-refractivity contribution in [2.75, 3.05) is 19.8 Å². The fourth-order valence-electron chi connectivity index (χ4n) is 2.39. The molecule has 4 aliphatic rings. The number of nitrogens with one attached hydrogen (secondary N) is 1. The fraction of sp³-hybridized carbons (Fsp3) is 0.778. The quantitative estimate of drug-likeness (QED) is 0.525. The van der Waals surface area contributed by atoms with Crippen LogP contribution in [0, 0.1) is 5.92 Å². The lowest BCUT2D eigenvalue weighted by molar-refractivity contribution is -0.194. The van der Waals surface area contributed by atoms with Gasteiger partial charge in [0, 0.05) is 13.0 Å². The highest BCUT2D eigenvalue weighted by Gasteiger charge is 2.49. The van der Waals surface area contributed by atoms with E-state index in [1.807, 2.05) is 0 Å². The maximum absolute atomic E-state index is 5.68. The molecule has 3 heteroatoms. The zero-order chi connectivity index (χ0) is 8.02. The molecule has 0 amide bonds. The van der Waals surface area contributed by atoms with Crippen molar-refractivity contribution in [3.8, 4) is 0 Å². The lowest BCUT2D eigenvalue weighted by Gasteiger charge is -2.44. The Kier molecular flexibility index (Phi) is 1.36. The molecule has 0 aromatic heterocycles. The molecule has 2 bridgehead atoms. The molecule has 0 radical (unpaired) electrons. The summed E-state index contributed by atoms with van der Waals surface area (Å²) in [6.07, 6.45) is 5.49. The van der Waals surface area contributed by atoms with E-state index in [-0.39, 0.29) is 11.8 Å². The molecule has 2 unspecified atom stereocenters. The average Bonchev–Trinajstić information content (AvgIpc) is 2.55. The van der Waals surface area contributed by atoms with E-state index in [0.717, 1.165) is 26.2 Å². The van der Waals surface area contributed by atoms with Crippen molar-refractivity contribution in [1.82, 2.24) is 5.32 Å². The molecular formula is C9H13NO2. The van der Waals surface area contributed by atoms with Crippen molar-refractivity contribution in [2.24, 2.45) is 5.92 Å². The maximum Gasteiger partial charge on any atom is 0.188 e. The summed E-state index contributed by atoms with van der Waals surface area (Å²) >= 11 is 0. The van der Waals surface area contributed by atoms with Gasteiger partial charge in [-0.3, -0.25) is 0 Å². The molecule has 3 aliphatic heterocycles. The summed E-state index contributed by atoms with van der Waals surface area (Å²) in [6.45, 7) is 2.58. The van der Waals surface area contributed by atoms with Gasteiger partial charge in [-0.25, -0.2) is 0 Å². The van der Waals surface area contributed by atoms with E-state index in [9.17, 15) is 0 Å². The Morgan fingerprint density at radius 1 is 1.25 bits per heavy atom. The molecule has 2 fully saturated rings. The second kappa shape index (κ2) is 2.31. The molecule has 3 nitrogen and oxygen atoms in total. The van der Waals surface area contributed by atoms with Gasteiger partial charge in [0.1, 0.15) is 0 Å². The number of rotatable bonds is 0. The van der Waals surface area contributed by atoms with Gasteiger partial charge in [0.25, 0.3) is 0 Å². The normalized spacial score (nSPS) is 42.7. The van der Waals surface area contributed by atoms with Crippen molar-refractivity contribution < 1.29 is 9.47 Å². The molecule has 1 aliphatic carbocycles. The number of piperidine rings is 1. The minimum absolute atomic E-state index is 0.282. The third-order valence-corrected chi connectivity index (χ3v) is 2.97. The first-order valence-electron chi connectivity index (χ1n) is 4.59. The van der Waals surface area contributed by atoms with Gasteiger partial charge in [0.05, 0.1) is 19.3 Å². The third-order valence-electron chi connectivity index (χ3n) is 2.97. The number of hydrogen-bond donors (Lipinski definition) is 1. The van der Waals surface area contributed by atoms with Crippen LogP contribution in [0.1, 0.15) is 6.42 Å². The summed E-state index contributed by atoms with van der Waals surface area (Å²) < 4.78 is 11.4. The van der Waals surface area contributed by atoms with Gasteiger partial charge in [-0.15, -0.1) is 0 Å². The summed E-state index contributed by atoms with van der Waals surface area (Å²) in [4.78, 5) is 0. The summed E-state index contributed by atoms with van der Waals surface area (Å²) in [6, 6.07) is 0.282. The Bertz CT molecular complexity index is 221. The van der Waals surface area contributed by atoms with Crippen LogP contribution < -0.4 is 5.32 Å². The molecule has 1 spiro atoms. The van der Waals surface area contributed by atoms with E-state index < -0.39 is 0 Å². The lowest BCUT2D eigenvalue weighted by atomic mass is 9.83. The molecule has 2 saturated heterocycles. The van der Waals surface area contributed by atoms with Gasteiger partial charge in [-0.2, -0.15) is 0 Å². The first-order chi connectivity index (χ1) is 5.89. The molecule has 0 aromatic rings. The third kappa shape index (κ3) is 0.815. The first kappa shape index (κ1) is 7.06. The van der Waals surface area contributed by atoms with Crippen LogP contribution in [-0.4, -0.2) is 31.6 Å². The largest absolute Gasteiger partial charge is 0.346 e. The van der Waals surface area contributed by atoms with Crippen LogP contribution in [0.5, 0.6) is 0 Å². The summed E-state index contributed by atoms with van der Waals surface area (Å²) in [7, 11) is 0. The second-order valence-electron chi connectivity index (χ2n) is 3.74. The predicted molar refractivity (Wildman–Crippen MR) is 43.7 cm³/mol. The average molecular weight is 167 g/mol. The van der Waals surface area contributed by atoms with Crippen LogP contribution in [0.4, 0.5) is 0 Å². The van der Waals surface area contributed by atoms with E-state index in [0.29, 0.717) is 5.92 Å². The predicted octanol–water partition coefficient (Wildman–Crippen LogP) is 0.277. The monoisotopic (exact) mass is 167 g/mol. The highest BCUT2D eigenvalue weighted by Crippen LogP contribution is 2.38. The van der Waals surface area contributed by atoms with Crippen molar-refractivity contribution in [1.29, 1.82) is 0 Å². The molecule has 12 heavy (non-hydrogen) atoms. The molecule has 0 saturated carbocycles. The van der Waals surface area contributed by atoms with E-state index in [4.69, 9.17) is 9.47 Å². The summed E-state index contributed by atoms with van der Waals surface area (Å²) in [5.74, 6) is 0.297. The fourth-order valence-corrected chi connectivity index (χ4v) is 2.39. The molecule has 3 heterocycles. The zero-order valence-electron chi connectivity index (χ0n) is 6.95. The van der Waals surface area contributed by atoms with Crippen LogP contribution >= 0.6 is 0 Å². The topological polar surface area (TPSA) is 30.5 Å². The Morgan fingerprint density at radius 2 is 2.08 bits per heavy atom. The van der Waals surface area contributed by atoms with Crippen molar-refractivity contribution in [3.05, 3.63) is 12.2 Å². The Labute approximate surface area is 71.7 Å². The van der Waals surface area contributed by atoms with Crippen molar-refractivity contribution >= 4 is 0 Å². The number of ether oxygens (including phenoxy) is 2. The van der Waals surface area contributed by atoms with Crippen molar-refractivity contribution in [3.63, 3.8) is 0 Å². The van der Waals surface area contributed by atoms with E-state index in [1.165, 1.54) is 0 Å². The van der Waals surface area contributed by atoms with E-state index in [2.05, 4.69) is 17.5 Å². The van der Waals surface area contributed by atoms with Crippen LogP contribution in [0.2, 0.25) is 0 Å². The Morgan fingerprint density at radius 3 is 2.58 bits per heavy atom. The summed E-state index contributed by atoms with van der Waals surface area (Å²) in [5, 5.41) is 3.41. The SMILES string of the molecule is C1=CC2NCC1CC21OCCO1. The lowest BCUT2D eigenvalue weighted by Crippen LogP contribution is -2.59. The van der Waals surface area contributed by atoms with Gasteiger partial charge in [-0.05, 0) is 5.92 Å². The Hall–Kier alpha value is -0.380. The molecule has 0 aromatic carbocycles.